The summed E-state index contributed by atoms with van der Waals surface area (Å²) in [5.41, 5.74) is -4.65. The molecular formula is C58H92N4O18S. The first kappa shape index (κ1) is 66.1. The maximum atomic E-state index is 14.9. The first-order valence-corrected chi connectivity index (χ1v) is 29.4. The standard InChI is InChI=1S/C58H92N4O18S/c1-17-38-58(12,72)47(77-39(64)23-24-63)34(6)61(15)29-30(2)27-56(10,71)46(79-40-26-37(60(13)14)25-31(3)74-40)32(4)44(33(5)53(69)76-38)78-41-28-57(11,73-16)48(35(7)75-41)80-54(70)45-55(8,9)81-51-43(50(66)62(45)51)59-49(65)42(52(67)68)36-21-19-18-20-22-36/h18-22,30-35,37-38,40-48,51,63,71-72H,17,23-29H2,1-16H3,(H,59,65)(H,67,68)/t30-,31-,32+,33-,34-,35+,37+,38-,40+,41+,42?,43?,44+,45?,46-,47-,48+,51?,56-,57-,58-/m1/s1. The van der Waals surface area contributed by atoms with Gasteiger partial charge in [0.15, 0.2) is 24.6 Å². The molecule has 5 heterocycles. The van der Waals surface area contributed by atoms with Gasteiger partial charge in [-0.25, -0.2) is 4.79 Å². The van der Waals surface area contributed by atoms with E-state index < -0.39 is 154 Å². The number of carboxylic acid groups (broad SMARTS) is 1. The van der Waals surface area contributed by atoms with Crippen molar-refractivity contribution >= 4 is 47.5 Å². The number of nitrogens with one attached hydrogen (secondary N) is 1. The minimum atomic E-state index is -1.96. The van der Waals surface area contributed by atoms with Crippen LogP contribution in [0.2, 0.25) is 0 Å². The van der Waals surface area contributed by atoms with Crippen LogP contribution < -0.4 is 5.32 Å². The molecule has 0 radical (unpaired) electrons. The van der Waals surface area contributed by atoms with Gasteiger partial charge in [-0.15, -0.1) is 11.8 Å². The zero-order valence-electron chi connectivity index (χ0n) is 50.2. The van der Waals surface area contributed by atoms with E-state index in [0.717, 1.165) is 6.42 Å². The van der Waals surface area contributed by atoms with E-state index in [9.17, 15) is 49.2 Å². The van der Waals surface area contributed by atoms with Gasteiger partial charge in [-0.1, -0.05) is 51.1 Å². The lowest BCUT2D eigenvalue weighted by Gasteiger charge is -2.49. The number of likely N-dealkylation sites (N-methyl/N-ethyl adjacent to an activating group) is 1. The van der Waals surface area contributed by atoms with Crippen molar-refractivity contribution in [3.63, 3.8) is 0 Å². The molecule has 1 aromatic carbocycles. The topological polar surface area (TPSA) is 279 Å². The van der Waals surface area contributed by atoms with Crippen LogP contribution in [0.3, 0.4) is 0 Å². The molecule has 81 heavy (non-hydrogen) atoms. The van der Waals surface area contributed by atoms with Crippen molar-refractivity contribution in [3.05, 3.63) is 35.9 Å². The van der Waals surface area contributed by atoms with E-state index in [-0.39, 0.29) is 49.3 Å². The number of carbonyl (C=O) groups is 6. The Balaban J connectivity index is 1.30. The van der Waals surface area contributed by atoms with Crippen molar-refractivity contribution < 1.29 is 87.1 Å². The number of aliphatic hydroxyl groups excluding tert-OH is 1. The van der Waals surface area contributed by atoms with E-state index in [4.69, 9.17) is 37.9 Å². The highest BCUT2D eigenvalue weighted by molar-refractivity contribution is 8.01. The molecule has 22 nitrogen and oxygen atoms in total. The van der Waals surface area contributed by atoms with Crippen LogP contribution in [0, 0.1) is 17.8 Å². The number of nitrogens with zero attached hydrogens (tertiary/aromatic N) is 3. The number of methoxy groups -OCH3 is 1. The van der Waals surface area contributed by atoms with E-state index >= 15 is 0 Å². The molecule has 0 aliphatic carbocycles. The van der Waals surface area contributed by atoms with Crippen LogP contribution in [-0.4, -0.2) is 219 Å². The first-order valence-electron chi connectivity index (χ1n) is 28.5. The number of fused-ring (bicyclic) bond motifs is 1. The summed E-state index contributed by atoms with van der Waals surface area (Å²) in [5, 5.41) is 47.0. The summed E-state index contributed by atoms with van der Waals surface area (Å²) in [6.45, 7) is 20.9. The first-order chi connectivity index (χ1) is 37.7. The quantitative estimate of drug-likeness (QED) is 0.0681. The molecular weight excluding hydrogens is 1070 g/mol. The molecule has 1 aromatic rings. The molecule has 0 saturated carbocycles. The second-order valence-corrected chi connectivity index (χ2v) is 26.6. The molecule has 5 aliphatic rings. The third-order valence-electron chi connectivity index (χ3n) is 17.5. The van der Waals surface area contributed by atoms with Gasteiger partial charge < -0.3 is 73.4 Å². The van der Waals surface area contributed by atoms with Crippen LogP contribution >= 0.6 is 11.8 Å². The largest absolute Gasteiger partial charge is 0.480 e. The van der Waals surface area contributed by atoms with Gasteiger partial charge in [0.25, 0.3) is 0 Å². The van der Waals surface area contributed by atoms with Gasteiger partial charge in [0, 0.05) is 49.2 Å². The van der Waals surface area contributed by atoms with Gasteiger partial charge in [0.1, 0.15) is 40.9 Å². The molecule has 4 unspecified atom stereocenters. The summed E-state index contributed by atoms with van der Waals surface area (Å²) in [5.74, 6) is -8.88. The van der Waals surface area contributed by atoms with Crippen molar-refractivity contribution in [1.82, 2.24) is 20.0 Å². The summed E-state index contributed by atoms with van der Waals surface area (Å²) >= 11 is 1.28. The van der Waals surface area contributed by atoms with Gasteiger partial charge in [-0.2, -0.15) is 0 Å². The highest BCUT2D eigenvalue weighted by Crippen LogP contribution is 2.52. The molecule has 5 aliphatic heterocycles. The number of amides is 2. The Morgan fingerprint density at radius 2 is 1.54 bits per heavy atom. The lowest BCUT2D eigenvalue weighted by atomic mass is 9.77. The van der Waals surface area contributed by atoms with Crippen molar-refractivity contribution in [2.24, 2.45) is 17.8 Å². The SMILES string of the molecule is CC[C@H]1OC(=O)[C@H](C)[C@@H](O[C@H]2C[C@@](C)(OC)[C@@H](OC(=O)C3N4C(=O)C(NC(=O)C(C(=O)O)c5ccccc5)C4SC3(C)C)[C@H](C)O2)[C@H](C)[C@@H](O[C@H]2C[C@@H](N(C)C)C[C@@H](C)O2)[C@](C)(O)C[C@@H](C)CN(C)[C@H](C)[C@@H](OC(=O)CCO)[C@]1(C)O. The van der Waals surface area contributed by atoms with Gasteiger partial charge in [-0.05, 0) is 114 Å². The highest BCUT2D eigenvalue weighted by atomic mass is 32.2. The van der Waals surface area contributed by atoms with Crippen LogP contribution in [-0.2, 0) is 66.7 Å². The van der Waals surface area contributed by atoms with E-state index in [1.807, 2.05) is 46.8 Å². The Hall–Kier alpha value is -4.01. The fourth-order valence-electron chi connectivity index (χ4n) is 13.0. The van der Waals surface area contributed by atoms with Crippen molar-refractivity contribution in [2.75, 3.05) is 41.4 Å². The number of aliphatic carboxylic acids is 1. The lowest BCUT2D eigenvalue weighted by molar-refractivity contribution is -0.310. The van der Waals surface area contributed by atoms with Crippen molar-refractivity contribution in [2.45, 2.75) is 234 Å². The van der Waals surface area contributed by atoms with E-state index in [2.05, 4.69) is 10.2 Å². The van der Waals surface area contributed by atoms with Gasteiger partial charge in [0.2, 0.25) is 11.8 Å². The minimum Gasteiger partial charge on any atom is -0.480 e. The Morgan fingerprint density at radius 3 is 2.14 bits per heavy atom. The van der Waals surface area contributed by atoms with Gasteiger partial charge >= 0.3 is 23.9 Å². The number of benzene rings is 1. The second-order valence-electron chi connectivity index (χ2n) is 24.8. The van der Waals surface area contributed by atoms with E-state index in [1.54, 1.807) is 73.6 Å². The minimum absolute atomic E-state index is 0.0603. The number of thioether (sulfide) groups is 1. The van der Waals surface area contributed by atoms with Gasteiger partial charge in [-0.3, -0.25) is 28.9 Å². The number of rotatable bonds is 16. The number of β-lactam (4-membered cyclic amide) rings is 1. The maximum Gasteiger partial charge on any atom is 0.330 e. The van der Waals surface area contributed by atoms with Crippen molar-refractivity contribution in [3.8, 4) is 0 Å². The normalized spacial score (nSPS) is 40.2. The predicted octanol–water partition coefficient (Wildman–Crippen LogP) is 3.83. The fraction of sp³-hybridized carbons (Fsp3) is 0.793. The Bertz CT molecular complexity index is 2360. The molecule has 5 saturated heterocycles. The highest BCUT2D eigenvalue weighted by Gasteiger charge is 2.66. The summed E-state index contributed by atoms with van der Waals surface area (Å²) in [7, 11) is 7.26. The van der Waals surface area contributed by atoms with Crippen LogP contribution in [0.4, 0.5) is 0 Å². The number of aliphatic hydroxyl groups is 3. The van der Waals surface area contributed by atoms with Crippen LogP contribution in [0.15, 0.2) is 30.3 Å². The molecule has 0 spiro atoms. The van der Waals surface area contributed by atoms with E-state index in [1.165, 1.54) is 42.8 Å². The number of hydrogen-bond acceptors (Lipinski definition) is 20. The second kappa shape index (κ2) is 26.5. The summed E-state index contributed by atoms with van der Waals surface area (Å²) < 4.78 is 50.9. The van der Waals surface area contributed by atoms with E-state index in [0.29, 0.717) is 13.0 Å². The Labute approximate surface area is 481 Å². The fourth-order valence-corrected chi connectivity index (χ4v) is 14.6. The molecule has 5 fully saturated rings. The zero-order chi connectivity index (χ0) is 60.4. The molecule has 0 aromatic heterocycles. The lowest BCUT2D eigenvalue weighted by Crippen LogP contribution is -2.71. The Morgan fingerprint density at radius 1 is 0.889 bits per heavy atom. The molecule has 2 amide bonds. The number of carbonyl (C=O) groups excluding carboxylic acids is 5. The third kappa shape index (κ3) is 14.6. The monoisotopic (exact) mass is 1160 g/mol. The Kier molecular flexibility index (Phi) is 21.6. The average Bonchev–Trinajstić information content (AvgIpc) is 3.94. The number of carboxylic acids is 1. The van der Waals surface area contributed by atoms with Gasteiger partial charge in [0.05, 0.1) is 49.0 Å². The number of esters is 3. The number of hydrogen-bond donors (Lipinski definition) is 5. The summed E-state index contributed by atoms with van der Waals surface area (Å²) in [6, 6.07) is 5.19. The molecule has 458 valence electrons. The zero-order valence-corrected chi connectivity index (χ0v) is 51.0. The molecule has 21 atom stereocenters. The smallest absolute Gasteiger partial charge is 0.330 e. The van der Waals surface area contributed by atoms with Crippen molar-refractivity contribution in [1.29, 1.82) is 0 Å². The van der Waals surface area contributed by atoms with Crippen LogP contribution in [0.5, 0.6) is 0 Å². The van der Waals surface area contributed by atoms with Crippen LogP contribution in [0.1, 0.15) is 133 Å². The third-order valence-corrected chi connectivity index (χ3v) is 19.0. The molecule has 0 bridgehead atoms. The summed E-state index contributed by atoms with van der Waals surface area (Å²) in [6.07, 6.45) is -7.67. The average molecular weight is 1170 g/mol. The summed E-state index contributed by atoms with van der Waals surface area (Å²) in [4.78, 5) is 87.7. The number of cyclic esters (lactones) is 1. The molecule has 23 heteroatoms. The molecule has 5 N–H and O–H groups in total. The van der Waals surface area contributed by atoms with Crippen LogP contribution in [0.25, 0.3) is 0 Å². The number of ether oxygens (including phenoxy) is 8. The maximum absolute atomic E-state index is 14.9. The predicted molar refractivity (Wildman–Crippen MR) is 297 cm³/mol. The molecule has 6 rings (SSSR count).